The maximum Gasteiger partial charge on any atom is 0.227 e. The summed E-state index contributed by atoms with van der Waals surface area (Å²) in [5.74, 6) is 1.76. The van der Waals surface area contributed by atoms with E-state index in [1.807, 2.05) is 12.1 Å². The highest BCUT2D eigenvalue weighted by Gasteiger charge is 2.35. The number of nitrogens with one attached hydrogen (secondary N) is 2. The van der Waals surface area contributed by atoms with Crippen LogP contribution in [0.1, 0.15) is 27.2 Å². The Morgan fingerprint density at radius 3 is 2.71 bits per heavy atom. The van der Waals surface area contributed by atoms with Gasteiger partial charge in [-0.2, -0.15) is 5.10 Å². The van der Waals surface area contributed by atoms with Gasteiger partial charge in [-0.1, -0.05) is 18.7 Å². The van der Waals surface area contributed by atoms with Gasteiger partial charge in [0.25, 0.3) is 0 Å². The number of hydrogen-bond acceptors (Lipinski definition) is 8. The Balaban J connectivity index is 1.38. The van der Waals surface area contributed by atoms with E-state index >= 15 is 0 Å². The predicted molar refractivity (Wildman–Crippen MR) is 137 cm³/mol. The highest BCUT2D eigenvalue weighted by atomic mass is 32.2. The van der Waals surface area contributed by atoms with Crippen molar-refractivity contribution in [3.05, 3.63) is 30.5 Å². The van der Waals surface area contributed by atoms with Gasteiger partial charge in [0.1, 0.15) is 11.6 Å². The van der Waals surface area contributed by atoms with Gasteiger partial charge < -0.3 is 20.3 Å². The number of ether oxygens (including phenoxy) is 1. The molecule has 3 heterocycles. The van der Waals surface area contributed by atoms with Gasteiger partial charge in [-0.3, -0.25) is 9.59 Å². The Bertz CT molecular complexity index is 1200. The molecule has 0 saturated carbocycles. The molecule has 1 unspecified atom stereocenters. The Hall–Kier alpha value is -3.34. The number of carbonyl (C=O) groups is 2. The average molecular weight is 498 g/mol. The van der Waals surface area contributed by atoms with Crippen LogP contribution in [0.2, 0.25) is 0 Å². The van der Waals surface area contributed by atoms with E-state index in [9.17, 15) is 9.59 Å². The molecule has 4 rings (SSSR count). The molecule has 1 aliphatic heterocycles. The van der Waals surface area contributed by atoms with E-state index in [0.29, 0.717) is 24.8 Å². The first kappa shape index (κ1) is 24.8. The van der Waals surface area contributed by atoms with Gasteiger partial charge in [-0.05, 0) is 43.9 Å². The van der Waals surface area contributed by atoms with E-state index in [1.165, 1.54) is 0 Å². The van der Waals surface area contributed by atoms with Crippen molar-refractivity contribution < 1.29 is 14.3 Å². The Labute approximate surface area is 208 Å². The number of carbonyl (C=O) groups excluding carboxylic acids is 2. The number of hydrogen-bond donors (Lipinski definition) is 2. The summed E-state index contributed by atoms with van der Waals surface area (Å²) in [4.78, 5) is 36.3. The molecule has 35 heavy (non-hydrogen) atoms. The van der Waals surface area contributed by atoms with E-state index in [0.717, 1.165) is 34.0 Å². The van der Waals surface area contributed by atoms with Crippen LogP contribution >= 0.6 is 11.8 Å². The van der Waals surface area contributed by atoms with Crippen LogP contribution in [0.3, 0.4) is 0 Å². The molecule has 10 nitrogen and oxygen atoms in total. The van der Waals surface area contributed by atoms with Gasteiger partial charge in [0.2, 0.25) is 11.8 Å². The Kier molecular flexibility index (Phi) is 7.74. The molecular weight excluding hydrogens is 466 g/mol. The van der Waals surface area contributed by atoms with Crippen molar-refractivity contribution in [2.45, 2.75) is 44.9 Å². The van der Waals surface area contributed by atoms with Gasteiger partial charge in [-0.25, -0.2) is 14.6 Å². The van der Waals surface area contributed by atoms with Gasteiger partial charge in [-0.15, -0.1) is 0 Å². The molecule has 1 aliphatic rings. The van der Waals surface area contributed by atoms with Crippen LogP contribution in [-0.2, 0) is 16.1 Å². The molecule has 1 aromatic carbocycles. The van der Waals surface area contributed by atoms with Crippen molar-refractivity contribution in [2.24, 2.45) is 5.92 Å². The normalized spacial score (nSPS) is 15.7. The van der Waals surface area contributed by atoms with Crippen LogP contribution in [0.5, 0.6) is 5.75 Å². The van der Waals surface area contributed by atoms with Crippen LogP contribution in [0.4, 0.5) is 11.5 Å². The third kappa shape index (κ3) is 5.67. The largest absolute Gasteiger partial charge is 0.497 e. The molecule has 2 amide bonds. The van der Waals surface area contributed by atoms with Crippen LogP contribution in [0.15, 0.2) is 35.6 Å². The summed E-state index contributed by atoms with van der Waals surface area (Å²) < 4.78 is 6.96. The topological polar surface area (TPSA) is 114 Å². The summed E-state index contributed by atoms with van der Waals surface area (Å²) in [6.45, 7) is 7.39. The monoisotopic (exact) mass is 497 g/mol. The molecule has 0 radical (unpaired) electrons. The molecular formula is C24H31N7O3S. The molecule has 1 saturated heterocycles. The number of fused-ring (bicyclic) bond motifs is 1. The highest BCUT2D eigenvalue weighted by molar-refractivity contribution is 7.99. The Morgan fingerprint density at radius 1 is 1.26 bits per heavy atom. The zero-order valence-corrected chi connectivity index (χ0v) is 21.3. The standard InChI is InChI=1S/C24H31N7O3S/c1-5-35-24-28-21(27-15(2)3)19-13-26-31(22(19)29-24)11-10-25-23(33)16-12-20(32)30(14-16)17-6-8-18(34-4)9-7-17/h6-9,13,15-16H,5,10-12,14H2,1-4H3,(H,25,33)(H,27,28,29). The van der Waals surface area contributed by atoms with Crippen molar-refractivity contribution in [2.75, 3.05) is 36.2 Å². The maximum atomic E-state index is 12.8. The number of aromatic nitrogens is 4. The number of methoxy groups -OCH3 is 1. The number of amides is 2. The molecule has 2 N–H and O–H groups in total. The molecule has 1 atom stereocenters. The van der Waals surface area contributed by atoms with Gasteiger partial charge >= 0.3 is 0 Å². The first-order valence-corrected chi connectivity index (χ1v) is 12.7. The summed E-state index contributed by atoms with van der Waals surface area (Å²) in [6.07, 6.45) is 1.95. The third-order valence-electron chi connectivity index (χ3n) is 5.68. The first-order valence-electron chi connectivity index (χ1n) is 11.7. The van der Waals surface area contributed by atoms with Crippen molar-refractivity contribution in [1.29, 1.82) is 0 Å². The number of rotatable bonds is 10. The summed E-state index contributed by atoms with van der Waals surface area (Å²) in [5, 5.41) is 12.3. The maximum absolute atomic E-state index is 12.8. The van der Waals surface area contributed by atoms with Crippen LogP contribution in [0.25, 0.3) is 11.0 Å². The van der Waals surface area contributed by atoms with Crippen molar-refractivity contribution in [3.63, 3.8) is 0 Å². The van der Waals surface area contributed by atoms with Crippen molar-refractivity contribution in [1.82, 2.24) is 25.1 Å². The lowest BCUT2D eigenvalue weighted by molar-refractivity contribution is -0.126. The number of benzene rings is 1. The minimum Gasteiger partial charge on any atom is -0.497 e. The third-order valence-corrected chi connectivity index (χ3v) is 6.41. The summed E-state index contributed by atoms with van der Waals surface area (Å²) in [7, 11) is 1.60. The lowest BCUT2D eigenvalue weighted by atomic mass is 10.1. The molecule has 2 aromatic heterocycles. The minimum absolute atomic E-state index is 0.0591. The zero-order valence-electron chi connectivity index (χ0n) is 20.4. The van der Waals surface area contributed by atoms with E-state index in [2.05, 4.69) is 46.5 Å². The van der Waals surface area contributed by atoms with Crippen LogP contribution in [0, 0.1) is 5.92 Å². The van der Waals surface area contributed by atoms with Gasteiger partial charge in [0.05, 0.1) is 31.2 Å². The van der Waals surface area contributed by atoms with E-state index in [-0.39, 0.29) is 24.3 Å². The SMILES string of the molecule is CCSc1nc(NC(C)C)c2cnn(CCNC(=O)C3CC(=O)N(c4ccc(OC)cc4)C3)c2n1. The fourth-order valence-electron chi connectivity index (χ4n) is 4.00. The second kappa shape index (κ2) is 10.9. The molecule has 3 aromatic rings. The smallest absolute Gasteiger partial charge is 0.227 e. The molecule has 186 valence electrons. The van der Waals surface area contributed by atoms with Crippen molar-refractivity contribution >= 4 is 46.1 Å². The fraction of sp³-hybridized carbons (Fsp3) is 0.458. The number of nitrogens with zero attached hydrogens (tertiary/aromatic N) is 5. The lowest BCUT2D eigenvalue weighted by Gasteiger charge is -2.17. The fourth-order valence-corrected chi connectivity index (χ4v) is 4.57. The van der Waals surface area contributed by atoms with Gasteiger partial charge in [0, 0.05) is 31.2 Å². The summed E-state index contributed by atoms with van der Waals surface area (Å²) in [5.41, 5.74) is 1.50. The molecule has 0 spiro atoms. The highest BCUT2D eigenvalue weighted by Crippen LogP contribution is 2.27. The van der Waals surface area contributed by atoms with E-state index < -0.39 is 5.92 Å². The number of anilines is 2. The van der Waals surface area contributed by atoms with E-state index in [4.69, 9.17) is 4.74 Å². The number of thioether (sulfide) groups is 1. The van der Waals surface area contributed by atoms with Crippen LogP contribution < -0.4 is 20.3 Å². The molecule has 11 heteroatoms. The lowest BCUT2D eigenvalue weighted by Crippen LogP contribution is -2.35. The second-order valence-electron chi connectivity index (χ2n) is 8.59. The van der Waals surface area contributed by atoms with Crippen molar-refractivity contribution in [3.8, 4) is 5.75 Å². The van der Waals surface area contributed by atoms with Crippen LogP contribution in [-0.4, -0.2) is 63.6 Å². The summed E-state index contributed by atoms with van der Waals surface area (Å²) in [6, 6.07) is 7.49. The average Bonchev–Trinajstić information content (AvgIpc) is 3.43. The molecule has 0 bridgehead atoms. The molecule has 0 aliphatic carbocycles. The second-order valence-corrected chi connectivity index (χ2v) is 9.82. The van der Waals surface area contributed by atoms with Gasteiger partial charge in [0.15, 0.2) is 10.8 Å². The minimum atomic E-state index is -0.393. The quantitative estimate of drug-likeness (QED) is 0.325. The van der Waals surface area contributed by atoms with E-state index in [1.54, 1.807) is 46.8 Å². The molecule has 1 fully saturated rings. The summed E-state index contributed by atoms with van der Waals surface area (Å²) >= 11 is 1.57. The zero-order chi connectivity index (χ0) is 24.9. The predicted octanol–water partition coefficient (Wildman–Crippen LogP) is 2.94. The Morgan fingerprint density at radius 2 is 2.03 bits per heavy atom. The first-order chi connectivity index (χ1) is 16.9.